The van der Waals surface area contributed by atoms with E-state index < -0.39 is 6.04 Å². The Hall–Kier alpha value is -1.30. The molecule has 1 unspecified atom stereocenters. The summed E-state index contributed by atoms with van der Waals surface area (Å²) < 4.78 is 0. The van der Waals surface area contributed by atoms with Gasteiger partial charge in [0, 0.05) is 17.1 Å². The number of carbonyl (C=O) groups is 2. The maximum absolute atomic E-state index is 12.2. The van der Waals surface area contributed by atoms with Crippen LogP contribution in [-0.4, -0.2) is 38.0 Å². The molecule has 23 heavy (non-hydrogen) atoms. The van der Waals surface area contributed by atoms with Crippen LogP contribution in [0.2, 0.25) is 5.02 Å². The van der Waals surface area contributed by atoms with E-state index >= 15 is 0 Å². The minimum Gasteiger partial charge on any atom is -0.354 e. The zero-order valence-corrected chi connectivity index (χ0v) is 15.3. The van der Waals surface area contributed by atoms with Gasteiger partial charge in [-0.2, -0.15) is 0 Å². The van der Waals surface area contributed by atoms with Gasteiger partial charge in [0.15, 0.2) is 0 Å². The normalized spacial score (nSPS) is 11.5. The Labute approximate surface area is 149 Å². The SMILES string of the molecule is CNCCCNC(=O)C(NC(=O)c1ccc(Cl)cc1)C(C)C.Cl. The quantitative estimate of drug-likeness (QED) is 0.621. The maximum Gasteiger partial charge on any atom is 0.251 e. The van der Waals surface area contributed by atoms with Crippen LogP contribution >= 0.6 is 24.0 Å². The number of rotatable bonds is 8. The van der Waals surface area contributed by atoms with Crippen LogP contribution in [0, 0.1) is 5.92 Å². The van der Waals surface area contributed by atoms with Gasteiger partial charge in [0.1, 0.15) is 6.04 Å². The van der Waals surface area contributed by atoms with Crippen molar-refractivity contribution in [3.05, 3.63) is 34.9 Å². The first-order chi connectivity index (χ1) is 10.5. The molecule has 0 aromatic heterocycles. The van der Waals surface area contributed by atoms with Crippen molar-refractivity contribution in [1.29, 1.82) is 0 Å². The lowest BCUT2D eigenvalue weighted by Crippen LogP contribution is -2.50. The zero-order valence-electron chi connectivity index (χ0n) is 13.7. The molecule has 7 heteroatoms. The van der Waals surface area contributed by atoms with Crippen molar-refractivity contribution in [3.63, 3.8) is 0 Å². The van der Waals surface area contributed by atoms with Gasteiger partial charge < -0.3 is 16.0 Å². The zero-order chi connectivity index (χ0) is 16.5. The number of hydrogen-bond donors (Lipinski definition) is 3. The summed E-state index contributed by atoms with van der Waals surface area (Å²) in [6, 6.07) is 6.02. The van der Waals surface area contributed by atoms with Crippen LogP contribution in [0.5, 0.6) is 0 Å². The van der Waals surface area contributed by atoms with Crippen LogP contribution in [0.1, 0.15) is 30.6 Å². The average Bonchev–Trinajstić information content (AvgIpc) is 2.49. The van der Waals surface area contributed by atoms with E-state index in [1.807, 2.05) is 20.9 Å². The average molecular weight is 362 g/mol. The van der Waals surface area contributed by atoms with Crippen LogP contribution in [0.3, 0.4) is 0 Å². The molecule has 0 spiro atoms. The summed E-state index contributed by atoms with van der Waals surface area (Å²) in [5.74, 6) is -0.435. The van der Waals surface area contributed by atoms with Gasteiger partial charge in [0.2, 0.25) is 5.91 Å². The van der Waals surface area contributed by atoms with Gasteiger partial charge >= 0.3 is 0 Å². The molecule has 0 bridgehead atoms. The van der Waals surface area contributed by atoms with Gasteiger partial charge in [-0.15, -0.1) is 12.4 Å². The predicted octanol–water partition coefficient (Wildman–Crippen LogP) is 2.24. The molecule has 130 valence electrons. The first-order valence-corrected chi connectivity index (χ1v) is 7.82. The molecular weight excluding hydrogens is 337 g/mol. The van der Waals surface area contributed by atoms with Crippen molar-refractivity contribution in [2.75, 3.05) is 20.1 Å². The van der Waals surface area contributed by atoms with Crippen molar-refractivity contribution in [2.24, 2.45) is 5.92 Å². The Kier molecular flexibility index (Phi) is 10.6. The maximum atomic E-state index is 12.2. The highest BCUT2D eigenvalue weighted by atomic mass is 35.5. The molecule has 0 saturated heterocycles. The van der Waals surface area contributed by atoms with E-state index in [1.54, 1.807) is 24.3 Å². The number of carbonyl (C=O) groups excluding carboxylic acids is 2. The Morgan fingerprint density at radius 3 is 2.26 bits per heavy atom. The Bertz CT molecular complexity index is 493. The van der Waals surface area contributed by atoms with E-state index in [1.165, 1.54) is 0 Å². The lowest BCUT2D eigenvalue weighted by atomic mass is 10.0. The van der Waals surface area contributed by atoms with Crippen LogP contribution in [0.4, 0.5) is 0 Å². The lowest BCUT2D eigenvalue weighted by molar-refractivity contribution is -0.123. The second-order valence-corrected chi connectivity index (χ2v) is 5.89. The topological polar surface area (TPSA) is 70.2 Å². The fourth-order valence-corrected chi connectivity index (χ4v) is 2.07. The number of benzene rings is 1. The second kappa shape index (κ2) is 11.3. The van der Waals surface area contributed by atoms with Crippen molar-refractivity contribution >= 4 is 35.8 Å². The highest BCUT2D eigenvalue weighted by Crippen LogP contribution is 2.10. The standard InChI is InChI=1S/C16H24ClN3O2.ClH/c1-11(2)14(16(22)19-10-4-9-18-3)20-15(21)12-5-7-13(17)8-6-12;/h5-8,11,14,18H,4,9-10H2,1-3H3,(H,19,22)(H,20,21);1H. The van der Waals surface area contributed by atoms with E-state index in [2.05, 4.69) is 16.0 Å². The van der Waals surface area contributed by atoms with E-state index in [0.717, 1.165) is 13.0 Å². The summed E-state index contributed by atoms with van der Waals surface area (Å²) in [7, 11) is 1.87. The molecule has 1 rings (SSSR count). The largest absolute Gasteiger partial charge is 0.354 e. The Morgan fingerprint density at radius 1 is 1.13 bits per heavy atom. The molecule has 5 nitrogen and oxygen atoms in total. The third kappa shape index (κ3) is 7.68. The number of halogens is 2. The molecule has 1 aromatic rings. The molecule has 3 N–H and O–H groups in total. The molecule has 0 heterocycles. The van der Waals surface area contributed by atoms with E-state index in [4.69, 9.17) is 11.6 Å². The van der Waals surface area contributed by atoms with Crippen LogP contribution in [-0.2, 0) is 4.79 Å². The van der Waals surface area contributed by atoms with Gasteiger partial charge in [-0.3, -0.25) is 9.59 Å². The third-order valence-corrected chi connectivity index (χ3v) is 3.50. The summed E-state index contributed by atoms with van der Waals surface area (Å²) in [6.07, 6.45) is 0.845. The minimum atomic E-state index is -0.558. The van der Waals surface area contributed by atoms with Crippen molar-refractivity contribution in [2.45, 2.75) is 26.3 Å². The van der Waals surface area contributed by atoms with Crippen LogP contribution in [0.15, 0.2) is 24.3 Å². The summed E-state index contributed by atoms with van der Waals surface area (Å²) >= 11 is 5.80. The number of nitrogens with one attached hydrogen (secondary N) is 3. The molecule has 0 aliphatic carbocycles. The highest BCUT2D eigenvalue weighted by Gasteiger charge is 2.24. The van der Waals surface area contributed by atoms with Gasteiger partial charge in [0.25, 0.3) is 5.91 Å². The summed E-state index contributed by atoms with van der Waals surface area (Å²) in [4.78, 5) is 24.4. The van der Waals surface area contributed by atoms with E-state index in [9.17, 15) is 9.59 Å². The van der Waals surface area contributed by atoms with Crippen molar-refractivity contribution in [3.8, 4) is 0 Å². The Balaban J connectivity index is 0.00000484. The van der Waals surface area contributed by atoms with Gasteiger partial charge in [-0.25, -0.2) is 0 Å². The molecule has 2 amide bonds. The predicted molar refractivity (Wildman–Crippen MR) is 96.3 cm³/mol. The Morgan fingerprint density at radius 2 is 1.74 bits per heavy atom. The van der Waals surface area contributed by atoms with Crippen molar-refractivity contribution in [1.82, 2.24) is 16.0 Å². The summed E-state index contributed by atoms with van der Waals surface area (Å²) in [5, 5.41) is 9.22. The first kappa shape index (κ1) is 21.7. The molecule has 0 fully saturated rings. The van der Waals surface area contributed by atoms with E-state index in [-0.39, 0.29) is 30.1 Å². The molecule has 1 atom stereocenters. The number of hydrogen-bond acceptors (Lipinski definition) is 3. The van der Waals surface area contributed by atoms with Crippen LogP contribution in [0.25, 0.3) is 0 Å². The lowest BCUT2D eigenvalue weighted by Gasteiger charge is -2.21. The number of amides is 2. The van der Waals surface area contributed by atoms with Crippen LogP contribution < -0.4 is 16.0 Å². The highest BCUT2D eigenvalue weighted by molar-refractivity contribution is 6.30. The fourth-order valence-electron chi connectivity index (χ4n) is 1.95. The second-order valence-electron chi connectivity index (χ2n) is 5.45. The summed E-state index contributed by atoms with van der Waals surface area (Å²) in [5.41, 5.74) is 0.484. The van der Waals surface area contributed by atoms with Gasteiger partial charge in [-0.1, -0.05) is 25.4 Å². The molecule has 1 aromatic carbocycles. The smallest absolute Gasteiger partial charge is 0.251 e. The van der Waals surface area contributed by atoms with Gasteiger partial charge in [-0.05, 0) is 50.2 Å². The molecular formula is C16H25Cl2N3O2. The van der Waals surface area contributed by atoms with Gasteiger partial charge in [0.05, 0.1) is 0 Å². The van der Waals surface area contributed by atoms with Crippen molar-refractivity contribution < 1.29 is 9.59 Å². The summed E-state index contributed by atoms with van der Waals surface area (Å²) in [6.45, 7) is 5.23. The third-order valence-electron chi connectivity index (χ3n) is 3.24. The van der Waals surface area contributed by atoms with E-state index in [0.29, 0.717) is 17.1 Å². The first-order valence-electron chi connectivity index (χ1n) is 7.44. The molecule has 0 radical (unpaired) electrons. The molecule has 0 aliphatic rings. The fraction of sp³-hybridized carbons (Fsp3) is 0.500. The molecule has 0 aliphatic heterocycles. The molecule has 0 saturated carbocycles. The monoisotopic (exact) mass is 361 g/mol. The minimum absolute atomic E-state index is 0.